The van der Waals surface area contributed by atoms with E-state index < -0.39 is 0 Å². The van der Waals surface area contributed by atoms with Gasteiger partial charge in [-0.2, -0.15) is 0 Å². The standard InChI is InChI=1S/C17H16BrNO/c18-13-8-9-14(19-11-13)10-17(20)16-7-3-5-12-4-1-2-6-15(12)16/h1-2,4,6,8-9,11,16H,3,5,7,10H2. The number of Topliss-reactive ketones (excluding diaryl/α,β-unsaturated/α-hetero) is 1. The van der Waals surface area contributed by atoms with E-state index in [1.165, 1.54) is 11.1 Å². The van der Waals surface area contributed by atoms with Gasteiger partial charge in [0.2, 0.25) is 0 Å². The van der Waals surface area contributed by atoms with E-state index in [0.29, 0.717) is 6.42 Å². The van der Waals surface area contributed by atoms with Crippen LogP contribution in [0.15, 0.2) is 47.1 Å². The Morgan fingerprint density at radius 2 is 2.10 bits per heavy atom. The van der Waals surface area contributed by atoms with E-state index in [9.17, 15) is 4.79 Å². The van der Waals surface area contributed by atoms with Gasteiger partial charge in [0, 0.05) is 28.7 Å². The number of ketones is 1. The van der Waals surface area contributed by atoms with Crippen LogP contribution in [0.1, 0.15) is 35.6 Å². The van der Waals surface area contributed by atoms with Gasteiger partial charge in [-0.05, 0) is 58.5 Å². The lowest BCUT2D eigenvalue weighted by Crippen LogP contribution is -2.20. The first kappa shape index (κ1) is 13.5. The summed E-state index contributed by atoms with van der Waals surface area (Å²) < 4.78 is 0.941. The molecule has 1 unspecified atom stereocenters. The fraction of sp³-hybridized carbons (Fsp3) is 0.294. The quantitative estimate of drug-likeness (QED) is 0.849. The second-order valence-corrected chi connectivity index (χ2v) is 6.17. The summed E-state index contributed by atoms with van der Waals surface area (Å²) in [4.78, 5) is 16.9. The first-order valence-electron chi connectivity index (χ1n) is 6.95. The van der Waals surface area contributed by atoms with Crippen molar-refractivity contribution in [1.29, 1.82) is 0 Å². The molecular weight excluding hydrogens is 314 g/mol. The number of aromatic nitrogens is 1. The minimum absolute atomic E-state index is 0.0467. The van der Waals surface area contributed by atoms with Crippen LogP contribution in [0.3, 0.4) is 0 Å². The van der Waals surface area contributed by atoms with Crippen molar-refractivity contribution < 1.29 is 4.79 Å². The van der Waals surface area contributed by atoms with Crippen LogP contribution in [0.5, 0.6) is 0 Å². The maximum atomic E-state index is 12.6. The van der Waals surface area contributed by atoms with Crippen molar-refractivity contribution in [2.24, 2.45) is 0 Å². The predicted octanol–water partition coefficient (Wildman–Crippen LogP) is 4.08. The number of carbonyl (C=O) groups is 1. The van der Waals surface area contributed by atoms with Gasteiger partial charge in [-0.15, -0.1) is 0 Å². The third kappa shape index (κ3) is 2.83. The van der Waals surface area contributed by atoms with Gasteiger partial charge in [0.05, 0.1) is 0 Å². The zero-order valence-corrected chi connectivity index (χ0v) is 12.8. The number of halogens is 1. The maximum absolute atomic E-state index is 12.6. The van der Waals surface area contributed by atoms with Crippen molar-refractivity contribution in [1.82, 2.24) is 4.98 Å². The van der Waals surface area contributed by atoms with E-state index in [4.69, 9.17) is 0 Å². The predicted molar refractivity (Wildman–Crippen MR) is 82.8 cm³/mol. The van der Waals surface area contributed by atoms with Gasteiger partial charge < -0.3 is 0 Å². The number of nitrogens with zero attached hydrogens (tertiary/aromatic N) is 1. The highest BCUT2D eigenvalue weighted by atomic mass is 79.9. The Morgan fingerprint density at radius 1 is 1.25 bits per heavy atom. The van der Waals surface area contributed by atoms with Gasteiger partial charge in [0.15, 0.2) is 0 Å². The molecule has 102 valence electrons. The smallest absolute Gasteiger partial charge is 0.146 e. The fourth-order valence-corrected chi connectivity index (χ4v) is 3.14. The average Bonchev–Trinajstić information content (AvgIpc) is 2.49. The van der Waals surface area contributed by atoms with Gasteiger partial charge >= 0.3 is 0 Å². The van der Waals surface area contributed by atoms with Gasteiger partial charge in [0.1, 0.15) is 5.78 Å². The third-order valence-corrected chi connectivity index (χ3v) is 4.37. The van der Waals surface area contributed by atoms with E-state index in [-0.39, 0.29) is 11.7 Å². The molecule has 2 nitrogen and oxygen atoms in total. The van der Waals surface area contributed by atoms with Crippen LogP contribution in [0, 0.1) is 0 Å². The zero-order valence-electron chi connectivity index (χ0n) is 11.2. The summed E-state index contributed by atoms with van der Waals surface area (Å²) in [5.41, 5.74) is 3.41. The number of benzene rings is 1. The lowest BCUT2D eigenvalue weighted by Gasteiger charge is -2.24. The number of hydrogen-bond acceptors (Lipinski definition) is 2. The molecule has 1 atom stereocenters. The lowest BCUT2D eigenvalue weighted by molar-refractivity contribution is -0.120. The number of aryl methyl sites for hydroxylation is 1. The molecule has 0 spiro atoms. The van der Waals surface area contributed by atoms with Crippen molar-refractivity contribution in [3.05, 3.63) is 63.9 Å². The van der Waals surface area contributed by atoms with Crippen LogP contribution in [0.25, 0.3) is 0 Å². The van der Waals surface area contributed by atoms with Gasteiger partial charge in [0.25, 0.3) is 0 Å². The van der Waals surface area contributed by atoms with Crippen LogP contribution in [-0.4, -0.2) is 10.8 Å². The molecule has 20 heavy (non-hydrogen) atoms. The maximum Gasteiger partial charge on any atom is 0.146 e. The Morgan fingerprint density at radius 3 is 2.90 bits per heavy atom. The molecule has 3 rings (SSSR count). The molecule has 0 bridgehead atoms. The summed E-state index contributed by atoms with van der Waals surface area (Å²) in [5.74, 6) is 0.331. The molecule has 3 heteroatoms. The molecule has 1 heterocycles. The molecule has 0 saturated heterocycles. The van der Waals surface area contributed by atoms with Crippen molar-refractivity contribution in [3.8, 4) is 0 Å². The molecule has 2 aromatic rings. The Hall–Kier alpha value is -1.48. The summed E-state index contributed by atoms with van der Waals surface area (Å²) in [7, 11) is 0. The SMILES string of the molecule is O=C(Cc1ccc(Br)cn1)C1CCCc2ccccc21. The number of hydrogen-bond donors (Lipinski definition) is 0. The van der Waals surface area contributed by atoms with E-state index in [0.717, 1.165) is 29.4 Å². The third-order valence-electron chi connectivity index (χ3n) is 3.90. The van der Waals surface area contributed by atoms with Crippen molar-refractivity contribution in [2.45, 2.75) is 31.6 Å². The van der Waals surface area contributed by atoms with E-state index in [1.54, 1.807) is 6.20 Å². The average molecular weight is 330 g/mol. The number of rotatable bonds is 3. The summed E-state index contributed by atoms with van der Waals surface area (Å²) in [6.07, 6.45) is 5.33. The lowest BCUT2D eigenvalue weighted by atomic mass is 9.79. The number of pyridine rings is 1. The van der Waals surface area contributed by atoms with Gasteiger partial charge in [-0.1, -0.05) is 24.3 Å². The molecule has 0 radical (unpaired) electrons. The summed E-state index contributed by atoms with van der Waals surface area (Å²) in [6, 6.07) is 12.2. The topological polar surface area (TPSA) is 30.0 Å². The normalized spacial score (nSPS) is 17.6. The number of carbonyl (C=O) groups excluding carboxylic acids is 1. The first-order valence-corrected chi connectivity index (χ1v) is 7.74. The van der Waals surface area contributed by atoms with Gasteiger partial charge in [-0.3, -0.25) is 9.78 Å². The Balaban J connectivity index is 1.80. The molecule has 0 saturated carbocycles. The van der Waals surface area contributed by atoms with Crippen LogP contribution in [0.4, 0.5) is 0 Å². The minimum Gasteiger partial charge on any atom is -0.299 e. The summed E-state index contributed by atoms with van der Waals surface area (Å²) >= 11 is 3.36. The molecular formula is C17H16BrNO. The molecule has 0 fully saturated rings. The Bertz CT molecular complexity index is 621. The highest BCUT2D eigenvalue weighted by Gasteiger charge is 2.26. The van der Waals surface area contributed by atoms with E-state index in [2.05, 4.69) is 39.1 Å². The Labute approximate surface area is 127 Å². The van der Waals surface area contributed by atoms with Crippen molar-refractivity contribution >= 4 is 21.7 Å². The van der Waals surface area contributed by atoms with Crippen LogP contribution in [-0.2, 0) is 17.6 Å². The fourth-order valence-electron chi connectivity index (χ4n) is 2.90. The molecule has 1 aromatic heterocycles. The van der Waals surface area contributed by atoms with E-state index in [1.807, 2.05) is 18.2 Å². The molecule has 1 aliphatic carbocycles. The minimum atomic E-state index is 0.0467. The van der Waals surface area contributed by atoms with E-state index >= 15 is 0 Å². The summed E-state index contributed by atoms with van der Waals surface area (Å²) in [5, 5.41) is 0. The largest absolute Gasteiger partial charge is 0.299 e. The zero-order chi connectivity index (χ0) is 13.9. The highest BCUT2D eigenvalue weighted by Crippen LogP contribution is 2.32. The van der Waals surface area contributed by atoms with Crippen molar-refractivity contribution in [3.63, 3.8) is 0 Å². The second-order valence-electron chi connectivity index (χ2n) is 5.25. The van der Waals surface area contributed by atoms with Crippen LogP contribution >= 0.6 is 15.9 Å². The molecule has 0 N–H and O–H groups in total. The molecule has 0 aliphatic heterocycles. The summed E-state index contributed by atoms with van der Waals surface area (Å²) in [6.45, 7) is 0. The molecule has 0 amide bonds. The van der Waals surface area contributed by atoms with Crippen LogP contribution < -0.4 is 0 Å². The highest BCUT2D eigenvalue weighted by molar-refractivity contribution is 9.10. The van der Waals surface area contributed by atoms with Crippen LogP contribution in [0.2, 0.25) is 0 Å². The Kier molecular flexibility index (Phi) is 3.97. The first-order chi connectivity index (χ1) is 9.74. The monoisotopic (exact) mass is 329 g/mol. The molecule has 1 aromatic carbocycles. The molecule has 1 aliphatic rings. The van der Waals surface area contributed by atoms with Gasteiger partial charge in [-0.25, -0.2) is 0 Å². The second kappa shape index (κ2) is 5.88. The number of fused-ring (bicyclic) bond motifs is 1. The van der Waals surface area contributed by atoms with Crippen molar-refractivity contribution in [2.75, 3.05) is 0 Å².